The summed E-state index contributed by atoms with van der Waals surface area (Å²) in [6, 6.07) is 23.9. The summed E-state index contributed by atoms with van der Waals surface area (Å²) < 4.78 is 64.9. The van der Waals surface area contributed by atoms with E-state index in [2.05, 4.69) is 12.6 Å². The molecule has 0 N–H and O–H groups in total. The van der Waals surface area contributed by atoms with Crippen LogP contribution in [-0.4, -0.2) is 5.97 Å². The molecule has 0 fully saturated rings. The second kappa shape index (κ2) is 8.55. The number of carbonyl (C=O) groups is 1. The summed E-state index contributed by atoms with van der Waals surface area (Å²) in [4.78, 5) is 12.9. The van der Waals surface area contributed by atoms with Crippen LogP contribution in [0.1, 0.15) is 13.3 Å². The van der Waals surface area contributed by atoms with Gasteiger partial charge in [0.2, 0.25) is 0 Å². The molecule has 0 saturated carbocycles. The molecule has 0 spiro atoms. The van der Waals surface area contributed by atoms with E-state index in [0.717, 1.165) is 27.1 Å². The van der Waals surface area contributed by atoms with Crippen LogP contribution >= 0.6 is 7.81 Å². The second-order valence-corrected chi connectivity index (χ2v) is 8.91. The summed E-state index contributed by atoms with van der Waals surface area (Å²) >= 11 is 3.64. The fourth-order valence-electron chi connectivity index (χ4n) is 2.59. The zero-order valence-corrected chi connectivity index (χ0v) is 18.1. The molecule has 2 nitrogen and oxygen atoms in total. The Morgan fingerprint density at radius 2 is 1.16 bits per heavy atom. The standard InChI is InChI=1S/C21H18O2S.F6P/c1-2-20(22)23-21-18(15-9-5-3-6-10-15)13-17(24)14-19(21)16-11-7-4-8-12-16;1-7(2,3,4,5)6/h3-14,24H,2H2,1H3;/q;-1/p+1. The Bertz CT molecular complexity index is 984. The van der Waals surface area contributed by atoms with Gasteiger partial charge in [-0.25, -0.2) is 0 Å². The van der Waals surface area contributed by atoms with E-state index in [0.29, 0.717) is 12.2 Å². The third kappa shape index (κ3) is 9.44. The van der Waals surface area contributed by atoms with Crippen LogP contribution in [-0.2, 0) is 17.4 Å². The van der Waals surface area contributed by atoms with Crippen molar-refractivity contribution in [2.75, 3.05) is 0 Å². The molecule has 0 aromatic heterocycles. The monoisotopic (exact) mass is 480 g/mol. The Morgan fingerprint density at radius 3 is 1.48 bits per heavy atom. The molecule has 0 radical (unpaired) electrons. The summed E-state index contributed by atoms with van der Waals surface area (Å²) in [5.74, 6) is 0.354. The van der Waals surface area contributed by atoms with Crippen molar-refractivity contribution in [2.45, 2.75) is 18.2 Å². The molecule has 3 aromatic rings. The maximum absolute atomic E-state index is 12.0. The van der Waals surface area contributed by atoms with Gasteiger partial charge in [0.25, 0.3) is 0 Å². The SMILES string of the molecule is CCC(=O)Oc1c(-c2ccccc2)cc([SH2+])cc1-c1ccccc1.F[P-](F)(F)(F)(F)F. The van der Waals surface area contributed by atoms with Gasteiger partial charge in [0.1, 0.15) is 5.75 Å². The first-order valence-electron chi connectivity index (χ1n) is 8.91. The molecule has 31 heavy (non-hydrogen) atoms. The maximum atomic E-state index is 12.0. The van der Waals surface area contributed by atoms with Crippen LogP contribution < -0.4 is 4.74 Å². The fourth-order valence-corrected chi connectivity index (χ4v) is 2.88. The van der Waals surface area contributed by atoms with Crippen molar-refractivity contribution >= 4 is 26.4 Å². The molecule has 168 valence electrons. The number of hydrogen-bond donors (Lipinski definition) is 0. The first kappa shape index (κ1) is 24.8. The number of carbonyl (C=O) groups excluding carboxylic acids is 1. The number of hydrogen-bond acceptors (Lipinski definition) is 2. The number of esters is 1. The molecule has 0 bridgehead atoms. The zero-order valence-electron chi connectivity index (χ0n) is 16.2. The molecule has 0 aliphatic rings. The van der Waals surface area contributed by atoms with Crippen molar-refractivity contribution < 1.29 is 34.7 Å². The Kier molecular flexibility index (Phi) is 6.83. The average Bonchev–Trinajstić information content (AvgIpc) is 2.67. The topological polar surface area (TPSA) is 26.3 Å². The first-order chi connectivity index (χ1) is 14.1. The summed E-state index contributed by atoms with van der Waals surface area (Å²) in [6.07, 6.45) is 0.331. The van der Waals surface area contributed by atoms with Crippen LogP contribution in [0.5, 0.6) is 5.75 Å². The molecule has 0 aliphatic carbocycles. The molecule has 0 unspecified atom stereocenters. The number of halogens is 6. The van der Waals surface area contributed by atoms with Gasteiger partial charge in [0.15, 0.2) is 4.90 Å². The molecular weight excluding hydrogens is 461 g/mol. The van der Waals surface area contributed by atoms with Crippen molar-refractivity contribution in [3.05, 3.63) is 72.8 Å². The molecule has 0 atom stereocenters. The van der Waals surface area contributed by atoms with Crippen LogP contribution in [0.4, 0.5) is 25.2 Å². The normalized spacial score (nSPS) is 13.3. The van der Waals surface area contributed by atoms with E-state index in [1.54, 1.807) is 6.92 Å². The van der Waals surface area contributed by atoms with Crippen molar-refractivity contribution in [1.82, 2.24) is 0 Å². The summed E-state index contributed by atoms with van der Waals surface area (Å²) in [5.41, 5.74) is 3.80. The fraction of sp³-hybridized carbons (Fsp3) is 0.0952. The van der Waals surface area contributed by atoms with Gasteiger partial charge in [0, 0.05) is 29.7 Å². The van der Waals surface area contributed by atoms with E-state index in [-0.39, 0.29) is 5.97 Å². The van der Waals surface area contributed by atoms with Crippen LogP contribution in [0.3, 0.4) is 0 Å². The third-order valence-electron chi connectivity index (χ3n) is 3.76. The number of rotatable bonds is 4. The zero-order chi connectivity index (χ0) is 23.3. The molecule has 3 aromatic carbocycles. The minimum absolute atomic E-state index is 0.244. The molecule has 10 heteroatoms. The number of benzene rings is 3. The quantitative estimate of drug-likeness (QED) is 0.124. The third-order valence-corrected chi connectivity index (χ3v) is 4.05. The second-order valence-electron chi connectivity index (χ2n) is 6.42. The Hall–Kier alpha value is -2.51. The van der Waals surface area contributed by atoms with Gasteiger partial charge in [-0.2, -0.15) is 0 Å². The van der Waals surface area contributed by atoms with E-state index in [1.807, 2.05) is 72.8 Å². The van der Waals surface area contributed by atoms with Gasteiger partial charge in [0.05, 0.1) is 0 Å². The molecule has 3 rings (SSSR count). The Balaban J connectivity index is 0.000000423. The first-order valence-corrected chi connectivity index (χ1v) is 11.4. The van der Waals surface area contributed by atoms with Gasteiger partial charge >= 0.3 is 39.0 Å². The van der Waals surface area contributed by atoms with E-state index in [9.17, 15) is 30.0 Å². The van der Waals surface area contributed by atoms with Crippen molar-refractivity contribution in [3.8, 4) is 28.0 Å². The summed E-state index contributed by atoms with van der Waals surface area (Å²) in [5, 5.41) is 0. The summed E-state index contributed by atoms with van der Waals surface area (Å²) in [7, 11) is -10.7. The molecule has 0 aliphatic heterocycles. The number of ether oxygens (including phenoxy) is 1. The Morgan fingerprint density at radius 1 is 0.806 bits per heavy atom. The van der Waals surface area contributed by atoms with Crippen molar-refractivity contribution in [3.63, 3.8) is 0 Å². The van der Waals surface area contributed by atoms with E-state index in [1.165, 1.54) is 0 Å². The summed E-state index contributed by atoms with van der Waals surface area (Å²) in [6.45, 7) is 1.80. The van der Waals surface area contributed by atoms with E-state index >= 15 is 0 Å². The van der Waals surface area contributed by atoms with E-state index < -0.39 is 7.81 Å². The van der Waals surface area contributed by atoms with Crippen LogP contribution in [0.25, 0.3) is 22.3 Å². The van der Waals surface area contributed by atoms with Crippen LogP contribution in [0, 0.1) is 0 Å². The molecular formula is C21H19F6O2PS. The predicted molar refractivity (Wildman–Crippen MR) is 115 cm³/mol. The van der Waals surface area contributed by atoms with Crippen molar-refractivity contribution in [2.24, 2.45) is 0 Å². The average molecular weight is 480 g/mol. The molecule has 0 heterocycles. The van der Waals surface area contributed by atoms with Gasteiger partial charge < -0.3 is 4.74 Å². The van der Waals surface area contributed by atoms with Crippen molar-refractivity contribution in [1.29, 1.82) is 0 Å². The Labute approximate surface area is 180 Å². The minimum atomic E-state index is -10.7. The van der Waals surface area contributed by atoms with Gasteiger partial charge in [-0.05, 0) is 23.8 Å². The predicted octanol–water partition coefficient (Wildman–Crippen LogP) is 8.09. The molecule has 0 amide bonds. The molecule has 0 saturated heterocycles. The van der Waals surface area contributed by atoms with Crippen LogP contribution in [0.15, 0.2) is 77.7 Å². The van der Waals surface area contributed by atoms with Gasteiger partial charge in [-0.1, -0.05) is 67.6 Å². The van der Waals surface area contributed by atoms with E-state index in [4.69, 9.17) is 4.74 Å². The van der Waals surface area contributed by atoms with Crippen LogP contribution in [0.2, 0.25) is 0 Å². The van der Waals surface area contributed by atoms with Gasteiger partial charge in [-0.3, -0.25) is 4.79 Å². The van der Waals surface area contributed by atoms with Gasteiger partial charge in [-0.15, -0.1) is 0 Å².